The number of nitrogens with zero attached hydrogens (tertiary/aromatic N) is 2. The normalized spacial score (nSPS) is 12.2. The molecule has 2 heterocycles. The van der Waals surface area contributed by atoms with Crippen LogP contribution in [0.25, 0.3) is 21.2 Å². The number of benzene rings is 2. The van der Waals surface area contributed by atoms with E-state index in [0.29, 0.717) is 17.0 Å². The highest BCUT2D eigenvalue weighted by atomic mass is 32.1. The fourth-order valence-electron chi connectivity index (χ4n) is 2.71. The Labute approximate surface area is 147 Å². The second kappa shape index (κ2) is 6.22. The first-order valence-electron chi connectivity index (χ1n) is 7.95. The summed E-state index contributed by atoms with van der Waals surface area (Å²) in [5.41, 5.74) is 1.69. The van der Waals surface area contributed by atoms with Crippen LogP contribution in [0.1, 0.15) is 17.5 Å². The molecule has 0 spiro atoms. The molecule has 0 bridgehead atoms. The van der Waals surface area contributed by atoms with Crippen molar-refractivity contribution in [3.05, 3.63) is 59.1 Å². The first-order chi connectivity index (χ1) is 12.2. The summed E-state index contributed by atoms with van der Waals surface area (Å²) < 4.78 is 14.0. The van der Waals surface area contributed by atoms with E-state index in [9.17, 15) is 4.79 Å². The fourth-order valence-corrected chi connectivity index (χ4v) is 3.75. The minimum Gasteiger partial charge on any atom is -0.494 e. The number of rotatable bonds is 3. The highest BCUT2D eigenvalue weighted by molar-refractivity contribution is 7.16. The van der Waals surface area contributed by atoms with Gasteiger partial charge in [-0.1, -0.05) is 29.5 Å². The highest BCUT2D eigenvalue weighted by Crippen LogP contribution is 2.23. The first kappa shape index (κ1) is 15.7. The van der Waals surface area contributed by atoms with Crippen LogP contribution < -0.4 is 9.54 Å². The monoisotopic (exact) mass is 352 g/mol. The molecule has 2 aromatic heterocycles. The van der Waals surface area contributed by atoms with Gasteiger partial charge in [0.2, 0.25) is 0 Å². The number of furan rings is 1. The lowest BCUT2D eigenvalue weighted by Gasteiger charge is -2.02. The van der Waals surface area contributed by atoms with Crippen molar-refractivity contribution in [2.24, 2.45) is 12.0 Å². The van der Waals surface area contributed by atoms with Gasteiger partial charge in [0.1, 0.15) is 11.3 Å². The topological polar surface area (TPSA) is 56.7 Å². The Kier molecular flexibility index (Phi) is 3.89. The lowest BCUT2D eigenvalue weighted by Crippen LogP contribution is -2.12. The number of thiazole rings is 1. The van der Waals surface area contributed by atoms with Crippen LogP contribution in [0.4, 0.5) is 0 Å². The number of hydrogen-bond acceptors (Lipinski definition) is 4. The van der Waals surface area contributed by atoms with Gasteiger partial charge in [-0.05, 0) is 37.3 Å². The summed E-state index contributed by atoms with van der Waals surface area (Å²) in [5, 5.41) is 0.892. The van der Waals surface area contributed by atoms with E-state index in [1.165, 1.54) is 11.3 Å². The van der Waals surface area contributed by atoms with Crippen LogP contribution in [0.15, 0.2) is 57.9 Å². The van der Waals surface area contributed by atoms with Gasteiger partial charge in [0, 0.05) is 12.4 Å². The average Bonchev–Trinajstić information content (AvgIpc) is 3.17. The summed E-state index contributed by atoms with van der Waals surface area (Å²) in [7, 11) is 1.89. The molecule has 0 unspecified atom stereocenters. The third kappa shape index (κ3) is 2.85. The quantitative estimate of drug-likeness (QED) is 0.557. The number of carbonyl (C=O) groups excluding carboxylic acids is 1. The molecule has 2 aromatic carbocycles. The molecule has 1 amide bonds. The summed E-state index contributed by atoms with van der Waals surface area (Å²) >= 11 is 1.45. The predicted octanol–water partition coefficient (Wildman–Crippen LogP) is 4.13. The Morgan fingerprint density at radius 2 is 2.08 bits per heavy atom. The van der Waals surface area contributed by atoms with E-state index in [-0.39, 0.29) is 11.7 Å². The smallest absolute Gasteiger partial charge is 0.315 e. The van der Waals surface area contributed by atoms with Crippen molar-refractivity contribution in [1.29, 1.82) is 0 Å². The summed E-state index contributed by atoms with van der Waals surface area (Å²) in [5.74, 6) is 0.670. The number of para-hydroxylation sites is 1. The van der Waals surface area contributed by atoms with Crippen molar-refractivity contribution in [2.45, 2.75) is 6.92 Å². The standard InChI is InChI=1S/C19H16N2O3S/c1-3-23-13-8-9-14-17(11-13)25-19(21(14)2)20-18(22)16-10-12-6-4-5-7-15(12)24-16/h4-11H,3H2,1-2H3. The van der Waals surface area contributed by atoms with E-state index in [2.05, 4.69) is 4.99 Å². The van der Waals surface area contributed by atoms with Gasteiger partial charge in [0.25, 0.3) is 0 Å². The Bertz CT molecular complexity index is 1120. The van der Waals surface area contributed by atoms with Gasteiger partial charge in [-0.15, -0.1) is 0 Å². The average molecular weight is 352 g/mol. The summed E-state index contributed by atoms with van der Waals surface area (Å²) in [6.07, 6.45) is 0. The number of aryl methyl sites for hydroxylation is 1. The second-order valence-electron chi connectivity index (χ2n) is 5.57. The molecular weight excluding hydrogens is 336 g/mol. The summed E-state index contributed by atoms with van der Waals surface area (Å²) in [4.78, 5) is 17.4. The molecule has 0 radical (unpaired) electrons. The number of fused-ring (bicyclic) bond motifs is 2. The third-order valence-electron chi connectivity index (χ3n) is 3.93. The molecule has 0 saturated carbocycles. The van der Waals surface area contributed by atoms with Gasteiger partial charge in [-0.25, -0.2) is 0 Å². The molecule has 126 valence electrons. The summed E-state index contributed by atoms with van der Waals surface area (Å²) in [6.45, 7) is 2.57. The van der Waals surface area contributed by atoms with E-state index in [0.717, 1.165) is 21.4 Å². The van der Waals surface area contributed by atoms with E-state index in [1.807, 2.05) is 61.0 Å². The molecule has 6 heteroatoms. The van der Waals surface area contributed by atoms with Crippen molar-refractivity contribution in [2.75, 3.05) is 6.61 Å². The van der Waals surface area contributed by atoms with Crippen LogP contribution in [0, 0.1) is 0 Å². The largest absolute Gasteiger partial charge is 0.494 e. The van der Waals surface area contributed by atoms with Crippen molar-refractivity contribution in [3.63, 3.8) is 0 Å². The minimum absolute atomic E-state index is 0.244. The zero-order valence-corrected chi connectivity index (χ0v) is 14.7. The van der Waals surface area contributed by atoms with E-state index in [4.69, 9.17) is 9.15 Å². The molecule has 25 heavy (non-hydrogen) atoms. The zero-order valence-electron chi connectivity index (χ0n) is 13.9. The van der Waals surface area contributed by atoms with Gasteiger partial charge >= 0.3 is 5.91 Å². The predicted molar refractivity (Wildman–Crippen MR) is 98.1 cm³/mol. The number of ether oxygens (including phenoxy) is 1. The summed E-state index contributed by atoms with van der Waals surface area (Å²) in [6, 6.07) is 15.1. The molecule has 0 N–H and O–H groups in total. The van der Waals surface area contributed by atoms with Crippen LogP contribution >= 0.6 is 11.3 Å². The van der Waals surface area contributed by atoms with Crippen LogP contribution in [0.5, 0.6) is 5.75 Å². The van der Waals surface area contributed by atoms with Gasteiger partial charge in [-0.2, -0.15) is 4.99 Å². The van der Waals surface area contributed by atoms with Crippen LogP contribution in [-0.2, 0) is 7.05 Å². The molecule has 0 aliphatic carbocycles. The molecule has 5 nitrogen and oxygen atoms in total. The maximum Gasteiger partial charge on any atom is 0.315 e. The molecule has 0 aliphatic heterocycles. The Morgan fingerprint density at radius 1 is 1.24 bits per heavy atom. The van der Waals surface area contributed by atoms with E-state index >= 15 is 0 Å². The Balaban J connectivity index is 1.77. The number of carbonyl (C=O) groups is 1. The Hall–Kier alpha value is -2.86. The Morgan fingerprint density at radius 3 is 2.88 bits per heavy atom. The van der Waals surface area contributed by atoms with Crippen LogP contribution in [-0.4, -0.2) is 17.1 Å². The van der Waals surface area contributed by atoms with Crippen molar-refractivity contribution in [1.82, 2.24) is 4.57 Å². The minimum atomic E-state index is -0.386. The maximum atomic E-state index is 12.5. The van der Waals surface area contributed by atoms with Crippen molar-refractivity contribution in [3.8, 4) is 5.75 Å². The molecule has 0 saturated heterocycles. The van der Waals surface area contributed by atoms with Gasteiger partial charge in [0.15, 0.2) is 10.6 Å². The highest BCUT2D eigenvalue weighted by Gasteiger charge is 2.12. The zero-order chi connectivity index (χ0) is 17.4. The SMILES string of the molecule is CCOc1ccc2c(c1)sc(=NC(=O)c1cc3ccccc3o1)n2C. The van der Waals surface area contributed by atoms with Crippen LogP contribution in [0.2, 0.25) is 0 Å². The second-order valence-corrected chi connectivity index (χ2v) is 6.58. The number of aromatic nitrogens is 1. The molecular formula is C19H16N2O3S. The van der Waals surface area contributed by atoms with Crippen molar-refractivity contribution >= 4 is 38.4 Å². The maximum absolute atomic E-state index is 12.5. The molecule has 4 rings (SSSR count). The van der Waals surface area contributed by atoms with Gasteiger partial charge < -0.3 is 13.7 Å². The fraction of sp³-hybridized carbons (Fsp3) is 0.158. The number of hydrogen-bond donors (Lipinski definition) is 0. The van der Waals surface area contributed by atoms with Gasteiger partial charge in [0.05, 0.1) is 16.8 Å². The van der Waals surface area contributed by atoms with Crippen molar-refractivity contribution < 1.29 is 13.9 Å². The lowest BCUT2D eigenvalue weighted by molar-refractivity contribution is 0.0973. The number of amides is 1. The van der Waals surface area contributed by atoms with Gasteiger partial charge in [-0.3, -0.25) is 4.79 Å². The van der Waals surface area contributed by atoms with Crippen LogP contribution in [0.3, 0.4) is 0 Å². The molecule has 0 fully saturated rings. The molecule has 0 aliphatic rings. The van der Waals surface area contributed by atoms with E-state index in [1.54, 1.807) is 6.07 Å². The first-order valence-corrected chi connectivity index (χ1v) is 8.77. The molecule has 4 aromatic rings. The third-order valence-corrected chi connectivity index (χ3v) is 5.02. The van der Waals surface area contributed by atoms with E-state index < -0.39 is 0 Å². The molecule has 0 atom stereocenters. The lowest BCUT2D eigenvalue weighted by atomic mass is 10.2.